The Labute approximate surface area is 133 Å². The van der Waals surface area contributed by atoms with Gasteiger partial charge in [0, 0.05) is 25.9 Å². The fraction of sp³-hybridized carbons (Fsp3) is 0.333. The Bertz CT molecular complexity index is 536. The third kappa shape index (κ3) is 3.58. The minimum absolute atomic E-state index is 0. The van der Waals surface area contributed by atoms with Gasteiger partial charge in [-0.2, -0.15) is 0 Å². The molecule has 1 heterocycles. The van der Waals surface area contributed by atoms with Crippen molar-refractivity contribution in [3.8, 4) is 5.75 Å². The van der Waals surface area contributed by atoms with Gasteiger partial charge in [0.15, 0.2) is 0 Å². The van der Waals surface area contributed by atoms with Gasteiger partial charge in [-0.05, 0) is 24.7 Å². The van der Waals surface area contributed by atoms with Crippen LogP contribution in [-0.2, 0) is 5.60 Å². The average Bonchev–Trinajstić information content (AvgIpc) is 2.52. The second-order valence-electron chi connectivity index (χ2n) is 5.58. The van der Waals surface area contributed by atoms with Crippen molar-refractivity contribution in [2.75, 3.05) is 20.1 Å². The average molecular weight is 304 g/mol. The van der Waals surface area contributed by atoms with E-state index in [2.05, 4.69) is 42.3 Å². The molecule has 0 aliphatic carbocycles. The fourth-order valence-electron chi connectivity index (χ4n) is 2.89. The van der Waals surface area contributed by atoms with Crippen molar-refractivity contribution >= 4 is 12.4 Å². The third-order valence-electron chi connectivity index (χ3n) is 4.15. The van der Waals surface area contributed by atoms with Gasteiger partial charge < -0.3 is 9.64 Å². The molecule has 0 saturated carbocycles. The zero-order chi connectivity index (χ0) is 13.8. The molecule has 3 rings (SSSR count). The zero-order valence-electron chi connectivity index (χ0n) is 12.4. The van der Waals surface area contributed by atoms with Gasteiger partial charge in [0.2, 0.25) is 0 Å². The molecule has 0 bridgehead atoms. The van der Waals surface area contributed by atoms with Gasteiger partial charge in [0.05, 0.1) is 0 Å². The molecular weight excluding hydrogens is 282 g/mol. The summed E-state index contributed by atoms with van der Waals surface area (Å²) < 4.78 is 6.45. The predicted octanol–water partition coefficient (Wildman–Crippen LogP) is 4.11. The summed E-state index contributed by atoms with van der Waals surface area (Å²) in [5, 5.41) is 0. The van der Waals surface area contributed by atoms with Gasteiger partial charge in [-0.25, -0.2) is 0 Å². The molecule has 1 aliphatic rings. The number of piperidine rings is 1. The van der Waals surface area contributed by atoms with Gasteiger partial charge in [0.25, 0.3) is 0 Å². The van der Waals surface area contributed by atoms with Gasteiger partial charge in [-0.3, -0.25) is 0 Å². The predicted molar refractivity (Wildman–Crippen MR) is 89.2 cm³/mol. The molecule has 1 aliphatic heterocycles. The molecule has 0 amide bonds. The molecule has 0 atom stereocenters. The lowest BCUT2D eigenvalue weighted by atomic mass is 9.84. The number of likely N-dealkylation sites (tertiary alicyclic amines) is 1. The largest absolute Gasteiger partial charge is 0.482 e. The first-order valence-corrected chi connectivity index (χ1v) is 7.27. The van der Waals surface area contributed by atoms with E-state index < -0.39 is 0 Å². The van der Waals surface area contributed by atoms with Crippen molar-refractivity contribution in [3.05, 3.63) is 66.2 Å². The lowest BCUT2D eigenvalue weighted by Gasteiger charge is -2.41. The summed E-state index contributed by atoms with van der Waals surface area (Å²) in [7, 11) is 2.18. The number of hydrogen-bond donors (Lipinski definition) is 0. The fourth-order valence-corrected chi connectivity index (χ4v) is 2.89. The molecule has 0 N–H and O–H groups in total. The number of ether oxygens (including phenoxy) is 1. The first kappa shape index (κ1) is 15.9. The highest BCUT2D eigenvalue weighted by atomic mass is 35.5. The Kier molecular flexibility index (Phi) is 5.27. The van der Waals surface area contributed by atoms with E-state index in [4.69, 9.17) is 4.74 Å². The van der Waals surface area contributed by atoms with Gasteiger partial charge in [-0.15, -0.1) is 12.4 Å². The van der Waals surface area contributed by atoms with Crippen molar-refractivity contribution < 1.29 is 4.74 Å². The smallest absolute Gasteiger partial charge is 0.136 e. The summed E-state index contributed by atoms with van der Waals surface area (Å²) in [6, 6.07) is 20.8. The van der Waals surface area contributed by atoms with Crippen LogP contribution in [0.2, 0.25) is 0 Å². The van der Waals surface area contributed by atoms with Crippen molar-refractivity contribution in [1.29, 1.82) is 0 Å². The van der Waals surface area contributed by atoms with Crippen LogP contribution in [0.1, 0.15) is 18.4 Å². The Balaban J connectivity index is 0.00000161. The summed E-state index contributed by atoms with van der Waals surface area (Å²) in [5.74, 6) is 0.959. The summed E-state index contributed by atoms with van der Waals surface area (Å²) in [6.07, 6.45) is 2.06. The molecule has 3 heteroatoms. The molecule has 2 aromatic carbocycles. The molecule has 112 valence electrons. The van der Waals surface area contributed by atoms with Crippen molar-refractivity contribution in [2.24, 2.45) is 0 Å². The first-order chi connectivity index (χ1) is 9.78. The van der Waals surface area contributed by atoms with Crippen LogP contribution < -0.4 is 4.74 Å². The van der Waals surface area contributed by atoms with Crippen LogP contribution in [0.4, 0.5) is 0 Å². The van der Waals surface area contributed by atoms with Crippen LogP contribution in [0.3, 0.4) is 0 Å². The topological polar surface area (TPSA) is 12.5 Å². The molecule has 1 saturated heterocycles. The maximum atomic E-state index is 6.45. The zero-order valence-corrected chi connectivity index (χ0v) is 13.2. The number of nitrogens with zero attached hydrogens (tertiary/aromatic N) is 1. The van der Waals surface area contributed by atoms with E-state index in [0.29, 0.717) is 0 Å². The summed E-state index contributed by atoms with van der Waals surface area (Å²) in [4.78, 5) is 2.37. The van der Waals surface area contributed by atoms with E-state index in [1.165, 1.54) is 5.56 Å². The maximum Gasteiger partial charge on any atom is 0.136 e. The van der Waals surface area contributed by atoms with E-state index >= 15 is 0 Å². The number of rotatable bonds is 3. The second-order valence-corrected chi connectivity index (χ2v) is 5.58. The van der Waals surface area contributed by atoms with Gasteiger partial charge in [0.1, 0.15) is 11.4 Å². The van der Waals surface area contributed by atoms with E-state index in [1.807, 2.05) is 30.3 Å². The van der Waals surface area contributed by atoms with Crippen LogP contribution in [0.5, 0.6) is 5.75 Å². The minimum Gasteiger partial charge on any atom is -0.482 e. The van der Waals surface area contributed by atoms with Gasteiger partial charge >= 0.3 is 0 Å². The first-order valence-electron chi connectivity index (χ1n) is 7.27. The number of halogens is 1. The minimum atomic E-state index is -0.185. The van der Waals surface area contributed by atoms with E-state index in [-0.39, 0.29) is 18.0 Å². The van der Waals surface area contributed by atoms with Crippen molar-refractivity contribution in [1.82, 2.24) is 4.90 Å². The quantitative estimate of drug-likeness (QED) is 0.846. The Morgan fingerprint density at radius 2 is 1.38 bits per heavy atom. The lowest BCUT2D eigenvalue weighted by Crippen LogP contribution is -2.44. The Hall–Kier alpha value is -1.51. The Morgan fingerprint density at radius 1 is 0.857 bits per heavy atom. The number of hydrogen-bond acceptors (Lipinski definition) is 2. The molecular formula is C18H22ClNO. The number of benzene rings is 2. The Morgan fingerprint density at radius 3 is 1.95 bits per heavy atom. The number of para-hydroxylation sites is 1. The van der Waals surface area contributed by atoms with E-state index in [1.54, 1.807) is 0 Å². The van der Waals surface area contributed by atoms with Crippen LogP contribution in [0.25, 0.3) is 0 Å². The second kappa shape index (κ2) is 6.97. The summed E-state index contributed by atoms with van der Waals surface area (Å²) in [6.45, 7) is 2.14. The molecule has 2 aromatic rings. The van der Waals surface area contributed by atoms with Crippen LogP contribution in [0, 0.1) is 0 Å². The molecule has 2 nitrogen and oxygen atoms in total. The molecule has 1 fully saturated rings. The standard InChI is InChI=1S/C18H21NO.ClH/c1-19-14-12-18(13-15-19,16-8-4-2-5-9-16)20-17-10-6-3-7-11-17;/h2-11H,12-15H2,1H3;1H. The molecule has 21 heavy (non-hydrogen) atoms. The SMILES string of the molecule is CN1CCC(Oc2ccccc2)(c2ccccc2)CC1.Cl. The third-order valence-corrected chi connectivity index (χ3v) is 4.15. The molecule has 0 aromatic heterocycles. The highest BCUT2D eigenvalue weighted by Gasteiger charge is 2.37. The molecule has 0 unspecified atom stereocenters. The monoisotopic (exact) mass is 303 g/mol. The summed E-state index contributed by atoms with van der Waals surface area (Å²) >= 11 is 0. The normalized spacial score (nSPS) is 17.8. The maximum absolute atomic E-state index is 6.45. The van der Waals surface area contributed by atoms with Crippen molar-refractivity contribution in [2.45, 2.75) is 18.4 Å². The van der Waals surface area contributed by atoms with E-state index in [9.17, 15) is 0 Å². The lowest BCUT2D eigenvalue weighted by molar-refractivity contribution is 0.00375. The highest BCUT2D eigenvalue weighted by Crippen LogP contribution is 2.37. The van der Waals surface area contributed by atoms with Crippen LogP contribution >= 0.6 is 12.4 Å². The van der Waals surface area contributed by atoms with Crippen LogP contribution in [-0.4, -0.2) is 25.0 Å². The highest BCUT2D eigenvalue weighted by molar-refractivity contribution is 5.85. The summed E-state index contributed by atoms with van der Waals surface area (Å²) in [5.41, 5.74) is 1.10. The molecule has 0 spiro atoms. The van der Waals surface area contributed by atoms with Crippen LogP contribution in [0.15, 0.2) is 60.7 Å². The van der Waals surface area contributed by atoms with Gasteiger partial charge in [-0.1, -0.05) is 48.5 Å². The molecule has 0 radical (unpaired) electrons. The van der Waals surface area contributed by atoms with Crippen molar-refractivity contribution in [3.63, 3.8) is 0 Å². The van der Waals surface area contributed by atoms with E-state index in [0.717, 1.165) is 31.7 Å².